The minimum Gasteiger partial charge on any atom is -0.507 e. The molecule has 0 atom stereocenters. The van der Waals surface area contributed by atoms with E-state index in [-0.39, 0.29) is 11.3 Å². The number of benzene rings is 2. The number of carbonyl (C=O) groups excluding carboxylic acids is 1. The molecule has 5 nitrogen and oxygen atoms in total. The number of aromatic hydroxyl groups is 1. The lowest BCUT2D eigenvalue weighted by Crippen LogP contribution is -2.13. The Bertz CT molecular complexity index is 654. The highest BCUT2D eigenvalue weighted by atomic mass is 16.5. The quantitative estimate of drug-likeness (QED) is 0.750. The van der Waals surface area contributed by atoms with Gasteiger partial charge in [0.15, 0.2) is 0 Å². The van der Waals surface area contributed by atoms with Gasteiger partial charge in [0.2, 0.25) is 0 Å². The molecule has 4 N–H and O–H groups in total. The molecule has 2 aromatic rings. The van der Waals surface area contributed by atoms with E-state index in [1.165, 1.54) is 19.2 Å². The molecule has 0 bridgehead atoms. The summed E-state index contributed by atoms with van der Waals surface area (Å²) in [5.74, 6) is -0.0709. The molecule has 0 fully saturated rings. The number of aryl methyl sites for hydroxylation is 1. The average Bonchev–Trinajstić information content (AvgIpc) is 2.43. The van der Waals surface area contributed by atoms with Crippen LogP contribution in [0.5, 0.6) is 11.5 Å². The lowest BCUT2D eigenvalue weighted by molar-refractivity contribution is 0.102. The Morgan fingerprint density at radius 2 is 2.00 bits per heavy atom. The second kappa shape index (κ2) is 5.52. The minimum atomic E-state index is -0.446. The maximum Gasteiger partial charge on any atom is 0.259 e. The molecule has 0 aliphatic rings. The first kappa shape index (κ1) is 13.7. The van der Waals surface area contributed by atoms with E-state index in [1.807, 2.05) is 13.0 Å². The number of phenolic OH excluding ortho intramolecular Hbond substituents is 1. The Balaban J connectivity index is 2.30. The molecule has 1 amide bonds. The monoisotopic (exact) mass is 272 g/mol. The van der Waals surface area contributed by atoms with Crippen molar-refractivity contribution < 1.29 is 14.6 Å². The van der Waals surface area contributed by atoms with Gasteiger partial charge in [0.1, 0.15) is 11.5 Å². The standard InChI is InChI=1S/C15H16N2O3/c1-9-3-5-12(16)13(7-9)17-15(19)11-8-10(20-2)4-6-14(11)18/h3-8,18H,16H2,1-2H3,(H,17,19). The number of methoxy groups -OCH3 is 1. The lowest BCUT2D eigenvalue weighted by atomic mass is 10.1. The van der Waals surface area contributed by atoms with Gasteiger partial charge in [-0.2, -0.15) is 0 Å². The summed E-state index contributed by atoms with van der Waals surface area (Å²) in [6.07, 6.45) is 0. The zero-order valence-electron chi connectivity index (χ0n) is 11.3. The summed E-state index contributed by atoms with van der Waals surface area (Å²) in [5, 5.41) is 12.4. The first-order chi connectivity index (χ1) is 9.51. The second-order valence-electron chi connectivity index (χ2n) is 4.43. The molecule has 0 saturated heterocycles. The summed E-state index contributed by atoms with van der Waals surface area (Å²) in [6.45, 7) is 1.90. The predicted octanol–water partition coefficient (Wildman–Crippen LogP) is 2.54. The molecule has 0 heterocycles. The van der Waals surface area contributed by atoms with Crippen LogP contribution in [-0.4, -0.2) is 18.1 Å². The number of amides is 1. The average molecular weight is 272 g/mol. The van der Waals surface area contributed by atoms with Crippen molar-refractivity contribution >= 4 is 17.3 Å². The molecule has 2 rings (SSSR count). The first-order valence-electron chi connectivity index (χ1n) is 6.05. The lowest BCUT2D eigenvalue weighted by Gasteiger charge is -2.11. The molecule has 0 radical (unpaired) electrons. The molecule has 20 heavy (non-hydrogen) atoms. The predicted molar refractivity (Wildman–Crippen MR) is 78.2 cm³/mol. The third-order valence-corrected chi connectivity index (χ3v) is 2.91. The van der Waals surface area contributed by atoms with E-state index in [4.69, 9.17) is 10.5 Å². The largest absolute Gasteiger partial charge is 0.507 e. The van der Waals surface area contributed by atoms with E-state index in [0.29, 0.717) is 17.1 Å². The number of hydrogen-bond donors (Lipinski definition) is 3. The van der Waals surface area contributed by atoms with Crippen molar-refractivity contribution in [3.8, 4) is 11.5 Å². The molecular formula is C15H16N2O3. The van der Waals surface area contributed by atoms with Crippen LogP contribution in [0.4, 0.5) is 11.4 Å². The van der Waals surface area contributed by atoms with Gasteiger partial charge in [-0.1, -0.05) is 6.07 Å². The molecule has 0 spiro atoms. The van der Waals surface area contributed by atoms with Gasteiger partial charge in [0.05, 0.1) is 24.0 Å². The van der Waals surface area contributed by atoms with Gasteiger partial charge in [-0.05, 0) is 42.8 Å². The molecule has 5 heteroatoms. The van der Waals surface area contributed by atoms with Crippen molar-refractivity contribution in [1.82, 2.24) is 0 Å². The van der Waals surface area contributed by atoms with Crippen molar-refractivity contribution in [3.63, 3.8) is 0 Å². The van der Waals surface area contributed by atoms with Crippen LogP contribution in [0.15, 0.2) is 36.4 Å². The van der Waals surface area contributed by atoms with Crippen LogP contribution >= 0.6 is 0 Å². The van der Waals surface area contributed by atoms with E-state index in [1.54, 1.807) is 18.2 Å². The molecular weight excluding hydrogens is 256 g/mol. The number of nitrogens with one attached hydrogen (secondary N) is 1. The van der Waals surface area contributed by atoms with Gasteiger partial charge in [-0.3, -0.25) is 4.79 Å². The molecule has 0 aromatic heterocycles. The summed E-state index contributed by atoms with van der Waals surface area (Å²) in [6, 6.07) is 9.80. The summed E-state index contributed by atoms with van der Waals surface area (Å²) in [5.41, 5.74) is 7.89. The number of rotatable bonds is 3. The van der Waals surface area contributed by atoms with E-state index in [2.05, 4.69) is 5.32 Å². The van der Waals surface area contributed by atoms with Crippen LogP contribution in [0.1, 0.15) is 15.9 Å². The second-order valence-corrected chi connectivity index (χ2v) is 4.43. The van der Waals surface area contributed by atoms with Gasteiger partial charge in [-0.25, -0.2) is 0 Å². The highest BCUT2D eigenvalue weighted by Crippen LogP contribution is 2.25. The molecule has 0 unspecified atom stereocenters. The summed E-state index contributed by atoms with van der Waals surface area (Å²) in [7, 11) is 1.49. The summed E-state index contributed by atoms with van der Waals surface area (Å²) < 4.78 is 5.04. The number of hydrogen-bond acceptors (Lipinski definition) is 4. The Kier molecular flexibility index (Phi) is 3.79. The zero-order chi connectivity index (χ0) is 14.7. The van der Waals surface area contributed by atoms with E-state index < -0.39 is 5.91 Å². The number of carbonyl (C=O) groups is 1. The molecule has 0 aliphatic carbocycles. The van der Waals surface area contributed by atoms with Crippen LogP contribution < -0.4 is 15.8 Å². The third kappa shape index (κ3) is 2.83. The fraction of sp³-hybridized carbons (Fsp3) is 0.133. The molecule has 0 aliphatic heterocycles. The number of ether oxygens (including phenoxy) is 1. The Morgan fingerprint density at radius 1 is 1.25 bits per heavy atom. The molecule has 104 valence electrons. The van der Waals surface area contributed by atoms with Crippen LogP contribution in [0.3, 0.4) is 0 Å². The van der Waals surface area contributed by atoms with E-state index in [0.717, 1.165) is 5.56 Å². The molecule has 0 saturated carbocycles. The van der Waals surface area contributed by atoms with Crippen LogP contribution in [0, 0.1) is 6.92 Å². The van der Waals surface area contributed by atoms with Gasteiger partial charge < -0.3 is 20.9 Å². The zero-order valence-corrected chi connectivity index (χ0v) is 11.3. The first-order valence-corrected chi connectivity index (χ1v) is 6.05. The van der Waals surface area contributed by atoms with Gasteiger partial charge in [0.25, 0.3) is 5.91 Å². The maximum absolute atomic E-state index is 12.2. The number of anilines is 2. The Hall–Kier alpha value is -2.69. The smallest absolute Gasteiger partial charge is 0.259 e. The number of phenols is 1. The van der Waals surface area contributed by atoms with Crippen molar-refractivity contribution in [2.45, 2.75) is 6.92 Å². The highest BCUT2D eigenvalue weighted by molar-refractivity contribution is 6.07. The van der Waals surface area contributed by atoms with Crippen molar-refractivity contribution in [2.75, 3.05) is 18.2 Å². The Labute approximate surface area is 117 Å². The number of nitrogens with two attached hydrogens (primary N) is 1. The van der Waals surface area contributed by atoms with Crippen molar-refractivity contribution in [2.24, 2.45) is 0 Å². The summed E-state index contributed by atoms with van der Waals surface area (Å²) in [4.78, 5) is 12.2. The van der Waals surface area contributed by atoms with Crippen molar-refractivity contribution in [3.05, 3.63) is 47.5 Å². The fourth-order valence-corrected chi connectivity index (χ4v) is 1.79. The number of nitrogen functional groups attached to an aromatic ring is 1. The van der Waals surface area contributed by atoms with Gasteiger partial charge >= 0.3 is 0 Å². The van der Waals surface area contributed by atoms with Crippen LogP contribution in [0.2, 0.25) is 0 Å². The highest BCUT2D eigenvalue weighted by Gasteiger charge is 2.13. The van der Waals surface area contributed by atoms with E-state index in [9.17, 15) is 9.90 Å². The van der Waals surface area contributed by atoms with Crippen molar-refractivity contribution in [1.29, 1.82) is 0 Å². The minimum absolute atomic E-state index is 0.116. The molecule has 2 aromatic carbocycles. The topological polar surface area (TPSA) is 84.6 Å². The van der Waals surface area contributed by atoms with Gasteiger partial charge in [0, 0.05) is 0 Å². The third-order valence-electron chi connectivity index (χ3n) is 2.91. The van der Waals surface area contributed by atoms with E-state index >= 15 is 0 Å². The SMILES string of the molecule is COc1ccc(O)c(C(=O)Nc2cc(C)ccc2N)c1. The van der Waals surface area contributed by atoms with Gasteiger partial charge in [-0.15, -0.1) is 0 Å². The Morgan fingerprint density at radius 3 is 2.70 bits per heavy atom. The fourth-order valence-electron chi connectivity index (χ4n) is 1.79. The van der Waals surface area contributed by atoms with Crippen LogP contribution in [-0.2, 0) is 0 Å². The maximum atomic E-state index is 12.2. The van der Waals surface area contributed by atoms with Crippen LogP contribution in [0.25, 0.3) is 0 Å². The summed E-state index contributed by atoms with van der Waals surface area (Å²) >= 11 is 0. The normalized spacial score (nSPS) is 10.1.